The SMILES string of the molecule is C=CCN(C(=O)C1N([C@@H](CO)Cc2ccccc2)C(=O)[C@@H]2[C@H](C(=O)O)[C@@H]3CC(C)C12S3)C(C)CCC. The van der Waals surface area contributed by atoms with Gasteiger partial charge in [0.1, 0.15) is 6.04 Å². The Hall–Kier alpha value is -2.32. The molecule has 4 rings (SSSR count). The van der Waals surface area contributed by atoms with Crippen LogP contribution in [0.15, 0.2) is 43.0 Å². The highest BCUT2D eigenvalue weighted by Gasteiger charge is 2.77. The molecule has 8 atom stereocenters. The monoisotopic (exact) mass is 514 g/mol. The maximum Gasteiger partial charge on any atom is 0.308 e. The fraction of sp³-hybridized carbons (Fsp3) is 0.607. The van der Waals surface area contributed by atoms with Gasteiger partial charge in [0.25, 0.3) is 0 Å². The molecule has 196 valence electrons. The second-order valence-corrected chi connectivity index (χ2v) is 12.1. The zero-order valence-corrected chi connectivity index (χ0v) is 22.2. The number of hydrogen-bond donors (Lipinski definition) is 2. The van der Waals surface area contributed by atoms with Crippen LogP contribution in [-0.4, -0.2) is 79.1 Å². The molecule has 8 heteroatoms. The van der Waals surface area contributed by atoms with Crippen molar-refractivity contribution in [3.63, 3.8) is 0 Å². The molecule has 2 amide bonds. The highest BCUT2D eigenvalue weighted by atomic mass is 32.2. The summed E-state index contributed by atoms with van der Waals surface area (Å²) in [6.07, 6.45) is 4.48. The van der Waals surface area contributed by atoms with Crippen molar-refractivity contribution in [2.45, 2.75) is 74.6 Å². The van der Waals surface area contributed by atoms with E-state index >= 15 is 0 Å². The number of thioether (sulfide) groups is 1. The predicted octanol–water partition coefficient (Wildman–Crippen LogP) is 3.22. The molecule has 36 heavy (non-hydrogen) atoms. The van der Waals surface area contributed by atoms with Crippen LogP contribution in [0.1, 0.15) is 45.6 Å². The van der Waals surface area contributed by atoms with Crippen LogP contribution in [0.3, 0.4) is 0 Å². The Morgan fingerprint density at radius 2 is 2.03 bits per heavy atom. The van der Waals surface area contributed by atoms with Crippen LogP contribution >= 0.6 is 11.8 Å². The summed E-state index contributed by atoms with van der Waals surface area (Å²) >= 11 is 1.53. The van der Waals surface area contributed by atoms with Crippen LogP contribution in [-0.2, 0) is 20.8 Å². The minimum absolute atomic E-state index is 0.000805. The molecular formula is C28H38N2O5S. The van der Waals surface area contributed by atoms with Crippen molar-refractivity contribution in [2.24, 2.45) is 17.8 Å². The number of carboxylic acid groups (broad SMARTS) is 1. The van der Waals surface area contributed by atoms with Gasteiger partial charge in [-0.2, -0.15) is 0 Å². The number of carboxylic acids is 1. The van der Waals surface area contributed by atoms with Gasteiger partial charge in [-0.1, -0.05) is 56.7 Å². The number of aliphatic hydroxyl groups excluding tert-OH is 1. The van der Waals surface area contributed by atoms with E-state index in [1.807, 2.05) is 44.2 Å². The van der Waals surface area contributed by atoms with Gasteiger partial charge < -0.3 is 20.0 Å². The lowest BCUT2D eigenvalue weighted by Crippen LogP contribution is -2.60. The van der Waals surface area contributed by atoms with E-state index in [2.05, 4.69) is 13.5 Å². The number of benzene rings is 1. The predicted molar refractivity (Wildman–Crippen MR) is 140 cm³/mol. The second kappa shape index (κ2) is 10.6. The van der Waals surface area contributed by atoms with Gasteiger partial charge in [0.05, 0.1) is 29.2 Å². The molecule has 3 aliphatic heterocycles. The Kier molecular flexibility index (Phi) is 7.86. The van der Waals surface area contributed by atoms with Crippen molar-refractivity contribution in [3.05, 3.63) is 48.6 Å². The van der Waals surface area contributed by atoms with E-state index in [0.29, 0.717) is 19.4 Å². The van der Waals surface area contributed by atoms with Crippen molar-refractivity contribution in [1.29, 1.82) is 0 Å². The number of rotatable bonds is 11. The average molecular weight is 515 g/mol. The van der Waals surface area contributed by atoms with E-state index in [1.165, 1.54) is 11.8 Å². The summed E-state index contributed by atoms with van der Waals surface area (Å²) < 4.78 is -0.822. The van der Waals surface area contributed by atoms with Gasteiger partial charge >= 0.3 is 5.97 Å². The molecule has 1 aromatic carbocycles. The van der Waals surface area contributed by atoms with E-state index in [4.69, 9.17) is 0 Å². The largest absolute Gasteiger partial charge is 0.481 e. The average Bonchev–Trinajstić information content (AvgIpc) is 3.45. The molecule has 4 unspecified atom stereocenters. The van der Waals surface area contributed by atoms with Crippen molar-refractivity contribution in [3.8, 4) is 0 Å². The molecule has 3 aliphatic rings. The Labute approximate surface area is 217 Å². The molecule has 7 nitrogen and oxygen atoms in total. The summed E-state index contributed by atoms with van der Waals surface area (Å²) in [7, 11) is 0. The summed E-state index contributed by atoms with van der Waals surface area (Å²) in [5.41, 5.74) is 0.951. The quantitative estimate of drug-likeness (QED) is 0.440. The van der Waals surface area contributed by atoms with E-state index in [1.54, 1.807) is 15.9 Å². The molecular weight excluding hydrogens is 476 g/mol. The van der Waals surface area contributed by atoms with Crippen LogP contribution in [0.2, 0.25) is 0 Å². The second-order valence-electron chi connectivity index (χ2n) is 10.6. The molecule has 1 spiro atoms. The lowest BCUT2D eigenvalue weighted by atomic mass is 9.66. The maximum absolute atomic E-state index is 14.5. The first kappa shape index (κ1) is 26.7. The number of aliphatic carboxylic acids is 1. The summed E-state index contributed by atoms with van der Waals surface area (Å²) in [6, 6.07) is 8.10. The Morgan fingerprint density at radius 3 is 2.61 bits per heavy atom. The molecule has 3 heterocycles. The first-order chi connectivity index (χ1) is 17.2. The Morgan fingerprint density at radius 1 is 1.33 bits per heavy atom. The summed E-state index contributed by atoms with van der Waals surface area (Å²) in [4.78, 5) is 44.4. The first-order valence-corrected chi connectivity index (χ1v) is 13.9. The lowest BCUT2D eigenvalue weighted by molar-refractivity contribution is -0.150. The third-order valence-corrected chi connectivity index (χ3v) is 10.5. The molecule has 0 aliphatic carbocycles. The normalized spacial score (nSPS) is 32.3. The standard InChI is InChI=1S/C28H38N2O5S/c1-5-10-18(4)29(13-6-2)26(33)24-28-17(3)14-21(36-28)22(27(34)35)23(28)25(32)30(24)20(16-31)15-19-11-8-7-9-12-19/h6-9,11-12,17-18,20-24,31H,2,5,10,13-16H2,1,3-4H3,(H,34,35)/t17?,18?,20-,21+,22-,23+,24?,28?/m1/s1. The third-order valence-electron chi connectivity index (χ3n) is 8.47. The smallest absolute Gasteiger partial charge is 0.308 e. The minimum atomic E-state index is -0.974. The van der Waals surface area contributed by atoms with Crippen molar-refractivity contribution in [2.75, 3.05) is 13.2 Å². The van der Waals surface area contributed by atoms with E-state index < -0.39 is 34.6 Å². The van der Waals surface area contributed by atoms with E-state index in [-0.39, 0.29) is 35.6 Å². The number of likely N-dealkylation sites (tertiary alicyclic amines) is 1. The molecule has 1 aromatic rings. The number of aliphatic hydroxyl groups is 1. The highest BCUT2D eigenvalue weighted by Crippen LogP contribution is 2.69. The number of amides is 2. The molecule has 3 fully saturated rings. The Balaban J connectivity index is 1.82. The van der Waals surface area contributed by atoms with Crippen LogP contribution in [0.5, 0.6) is 0 Å². The minimum Gasteiger partial charge on any atom is -0.481 e. The number of carbonyl (C=O) groups excluding carboxylic acids is 2. The van der Waals surface area contributed by atoms with Crippen LogP contribution in [0.4, 0.5) is 0 Å². The van der Waals surface area contributed by atoms with Crippen LogP contribution in [0, 0.1) is 17.8 Å². The highest BCUT2D eigenvalue weighted by molar-refractivity contribution is 8.02. The van der Waals surface area contributed by atoms with Gasteiger partial charge in [0.15, 0.2) is 0 Å². The Bertz CT molecular complexity index is 1000. The lowest BCUT2D eigenvalue weighted by Gasteiger charge is -2.43. The fourth-order valence-electron chi connectivity index (χ4n) is 6.91. The summed E-state index contributed by atoms with van der Waals surface area (Å²) in [5, 5.41) is 20.5. The topological polar surface area (TPSA) is 98.2 Å². The van der Waals surface area contributed by atoms with Gasteiger partial charge in [-0.3, -0.25) is 14.4 Å². The van der Waals surface area contributed by atoms with Gasteiger partial charge in [-0.25, -0.2) is 0 Å². The van der Waals surface area contributed by atoms with Gasteiger partial charge in [-0.15, -0.1) is 18.3 Å². The van der Waals surface area contributed by atoms with Gasteiger partial charge in [-0.05, 0) is 37.7 Å². The maximum atomic E-state index is 14.5. The number of fused-ring (bicyclic) bond motifs is 1. The molecule has 3 saturated heterocycles. The van der Waals surface area contributed by atoms with Crippen molar-refractivity contribution < 1.29 is 24.6 Å². The zero-order valence-electron chi connectivity index (χ0n) is 21.4. The first-order valence-electron chi connectivity index (χ1n) is 13.0. The summed E-state index contributed by atoms with van der Waals surface area (Å²) in [6.45, 7) is 10.0. The number of hydrogen-bond acceptors (Lipinski definition) is 5. The van der Waals surface area contributed by atoms with Crippen molar-refractivity contribution in [1.82, 2.24) is 9.80 Å². The molecule has 0 aromatic heterocycles. The van der Waals surface area contributed by atoms with E-state index in [0.717, 1.165) is 18.4 Å². The third kappa shape index (κ3) is 4.16. The number of nitrogens with zero attached hydrogens (tertiary/aromatic N) is 2. The number of carbonyl (C=O) groups is 3. The van der Waals surface area contributed by atoms with E-state index in [9.17, 15) is 24.6 Å². The molecule has 0 radical (unpaired) electrons. The molecule has 0 saturated carbocycles. The summed E-state index contributed by atoms with van der Waals surface area (Å²) in [5.74, 6) is -3.04. The zero-order chi connectivity index (χ0) is 26.2. The van der Waals surface area contributed by atoms with Gasteiger partial charge in [0.2, 0.25) is 11.8 Å². The molecule has 2 bridgehead atoms. The fourth-order valence-corrected chi connectivity index (χ4v) is 9.30. The molecule has 2 N–H and O–H groups in total. The van der Waals surface area contributed by atoms with Crippen molar-refractivity contribution >= 4 is 29.5 Å². The van der Waals surface area contributed by atoms with Gasteiger partial charge in [0, 0.05) is 17.8 Å². The van der Waals surface area contributed by atoms with Crippen LogP contribution in [0.25, 0.3) is 0 Å². The van der Waals surface area contributed by atoms with Crippen LogP contribution < -0.4 is 0 Å².